The molecule has 0 radical (unpaired) electrons. The molecule has 0 N–H and O–H groups in total. The number of nitrogens with zero attached hydrogens (tertiary/aromatic N) is 2. The smallest absolute Gasteiger partial charge is 0.243 e. The number of hydrogen-bond acceptors (Lipinski definition) is 4. The van der Waals surface area contributed by atoms with E-state index in [0.29, 0.717) is 50.0 Å². The van der Waals surface area contributed by atoms with E-state index in [2.05, 4.69) is 13.0 Å². The van der Waals surface area contributed by atoms with Crippen molar-refractivity contribution in [3.63, 3.8) is 0 Å². The van der Waals surface area contributed by atoms with Gasteiger partial charge in [-0.05, 0) is 48.1 Å². The molecule has 1 fully saturated rings. The van der Waals surface area contributed by atoms with Crippen molar-refractivity contribution in [1.29, 1.82) is 0 Å². The topological polar surface area (TPSA) is 66.9 Å². The Hall–Kier alpha value is -2.22. The van der Waals surface area contributed by atoms with E-state index in [1.807, 2.05) is 35.2 Å². The number of hydrogen-bond donors (Lipinski definition) is 0. The fourth-order valence-corrected chi connectivity index (χ4v) is 5.57. The Morgan fingerprint density at radius 2 is 1.73 bits per heavy atom. The van der Waals surface area contributed by atoms with Gasteiger partial charge < -0.3 is 9.64 Å². The number of morpholine rings is 1. The number of ether oxygens (including phenoxy) is 1. The van der Waals surface area contributed by atoms with Gasteiger partial charge in [0, 0.05) is 31.7 Å². The Bertz CT molecular complexity index is 998. The van der Waals surface area contributed by atoms with Gasteiger partial charge in [-0.3, -0.25) is 4.79 Å². The van der Waals surface area contributed by atoms with Crippen molar-refractivity contribution in [1.82, 2.24) is 4.31 Å². The molecule has 1 unspecified atom stereocenters. The Morgan fingerprint density at radius 1 is 1.03 bits per heavy atom. The Labute approximate surface area is 178 Å². The van der Waals surface area contributed by atoms with Crippen LogP contribution in [-0.2, 0) is 26.0 Å². The van der Waals surface area contributed by atoms with Gasteiger partial charge in [0.05, 0.1) is 18.1 Å². The van der Waals surface area contributed by atoms with Gasteiger partial charge in [0.15, 0.2) is 0 Å². The zero-order chi connectivity index (χ0) is 21.1. The van der Waals surface area contributed by atoms with Gasteiger partial charge in [0.2, 0.25) is 15.9 Å². The standard InChI is InChI=1S/C23H28N2O4S/c1-18-12-13-25(22-5-3-2-4-21(18)22)23(26)11-8-19-6-9-20(10-7-19)30(27,28)24-14-16-29-17-15-24/h2-7,9-10,18H,8,11-17H2,1H3. The lowest BCUT2D eigenvalue weighted by Gasteiger charge is -2.33. The van der Waals surface area contributed by atoms with E-state index in [0.717, 1.165) is 24.2 Å². The quantitative estimate of drug-likeness (QED) is 0.734. The number of benzene rings is 2. The number of anilines is 1. The second-order valence-electron chi connectivity index (χ2n) is 7.95. The van der Waals surface area contributed by atoms with Crippen molar-refractivity contribution in [2.75, 3.05) is 37.7 Å². The SMILES string of the molecule is CC1CCN(C(=O)CCc2ccc(S(=O)(=O)N3CCOCC3)cc2)c2ccccc21. The molecule has 2 aromatic rings. The van der Waals surface area contributed by atoms with Gasteiger partial charge in [-0.1, -0.05) is 37.3 Å². The summed E-state index contributed by atoms with van der Waals surface area (Å²) in [4.78, 5) is 15.1. The first-order chi connectivity index (χ1) is 14.5. The van der Waals surface area contributed by atoms with Crippen LogP contribution >= 0.6 is 0 Å². The highest BCUT2D eigenvalue weighted by Gasteiger charge is 2.27. The van der Waals surface area contributed by atoms with E-state index in [-0.39, 0.29) is 5.91 Å². The minimum Gasteiger partial charge on any atom is -0.379 e. The molecule has 2 aliphatic heterocycles. The van der Waals surface area contributed by atoms with E-state index in [4.69, 9.17) is 4.74 Å². The van der Waals surface area contributed by atoms with Crippen molar-refractivity contribution in [2.24, 2.45) is 0 Å². The second kappa shape index (κ2) is 8.88. The number of fused-ring (bicyclic) bond motifs is 1. The van der Waals surface area contributed by atoms with Crippen molar-refractivity contribution in [3.05, 3.63) is 59.7 Å². The molecule has 2 heterocycles. The molecule has 1 amide bonds. The summed E-state index contributed by atoms with van der Waals surface area (Å²) in [7, 11) is -3.49. The molecule has 30 heavy (non-hydrogen) atoms. The molecule has 160 valence electrons. The third-order valence-corrected chi connectivity index (χ3v) is 7.92. The molecule has 0 aliphatic carbocycles. The van der Waals surface area contributed by atoms with Gasteiger partial charge in [-0.25, -0.2) is 8.42 Å². The molecule has 1 saturated heterocycles. The van der Waals surface area contributed by atoms with Gasteiger partial charge in [0.1, 0.15) is 0 Å². The Morgan fingerprint density at radius 3 is 2.47 bits per heavy atom. The normalized spacial score (nSPS) is 20.0. The van der Waals surface area contributed by atoms with Crippen LogP contribution in [-0.4, -0.2) is 51.5 Å². The number of sulfonamides is 1. The molecule has 2 aliphatic rings. The average Bonchev–Trinajstić information content (AvgIpc) is 2.79. The molecule has 4 rings (SSSR count). The van der Waals surface area contributed by atoms with Crippen LogP contribution in [0.1, 0.15) is 36.8 Å². The first-order valence-corrected chi connectivity index (χ1v) is 12.0. The molecule has 0 spiro atoms. The van der Waals surface area contributed by atoms with Crippen molar-refractivity contribution in [3.8, 4) is 0 Å². The molecular weight excluding hydrogens is 400 g/mol. The monoisotopic (exact) mass is 428 g/mol. The van der Waals surface area contributed by atoms with Gasteiger partial charge in [-0.2, -0.15) is 4.31 Å². The number of rotatable bonds is 5. The molecule has 6 nitrogen and oxygen atoms in total. The fourth-order valence-electron chi connectivity index (χ4n) is 4.16. The maximum atomic E-state index is 12.9. The number of aryl methyl sites for hydroxylation is 1. The fraction of sp³-hybridized carbons (Fsp3) is 0.435. The summed E-state index contributed by atoms with van der Waals surface area (Å²) in [6, 6.07) is 15.0. The van der Waals surface area contributed by atoms with Crippen LogP contribution < -0.4 is 4.90 Å². The number of para-hydroxylation sites is 1. The summed E-state index contributed by atoms with van der Waals surface area (Å²) in [5.41, 5.74) is 3.21. The van der Waals surface area contributed by atoms with Gasteiger partial charge >= 0.3 is 0 Å². The summed E-state index contributed by atoms with van der Waals surface area (Å²) in [6.07, 6.45) is 1.96. The molecule has 7 heteroatoms. The number of carbonyl (C=O) groups is 1. The van der Waals surface area contributed by atoms with Crippen molar-refractivity contribution < 1.29 is 17.9 Å². The number of amides is 1. The van der Waals surface area contributed by atoms with Crippen molar-refractivity contribution in [2.45, 2.75) is 37.0 Å². The zero-order valence-electron chi connectivity index (χ0n) is 17.3. The first-order valence-electron chi connectivity index (χ1n) is 10.5. The summed E-state index contributed by atoms with van der Waals surface area (Å²) in [5, 5.41) is 0. The van der Waals surface area contributed by atoms with E-state index in [9.17, 15) is 13.2 Å². The second-order valence-corrected chi connectivity index (χ2v) is 9.89. The molecule has 0 saturated carbocycles. The van der Waals surface area contributed by atoms with Crippen LogP contribution in [0.15, 0.2) is 53.4 Å². The van der Waals surface area contributed by atoms with E-state index in [1.54, 1.807) is 12.1 Å². The van der Waals surface area contributed by atoms with Crippen LogP contribution in [0.4, 0.5) is 5.69 Å². The highest BCUT2D eigenvalue weighted by Crippen LogP contribution is 2.35. The number of carbonyl (C=O) groups excluding carboxylic acids is 1. The molecule has 0 bridgehead atoms. The average molecular weight is 429 g/mol. The summed E-state index contributed by atoms with van der Waals surface area (Å²) >= 11 is 0. The lowest BCUT2D eigenvalue weighted by atomic mass is 9.91. The van der Waals surface area contributed by atoms with Crippen molar-refractivity contribution >= 4 is 21.6 Å². The van der Waals surface area contributed by atoms with Crippen LogP contribution in [0, 0.1) is 0 Å². The van der Waals surface area contributed by atoms with Crippen LogP contribution in [0.2, 0.25) is 0 Å². The summed E-state index contributed by atoms with van der Waals surface area (Å²) in [6.45, 7) is 4.57. The molecule has 2 aromatic carbocycles. The maximum Gasteiger partial charge on any atom is 0.243 e. The maximum absolute atomic E-state index is 12.9. The molecule has 0 aromatic heterocycles. The largest absolute Gasteiger partial charge is 0.379 e. The highest BCUT2D eigenvalue weighted by atomic mass is 32.2. The third kappa shape index (κ3) is 4.29. The van der Waals surface area contributed by atoms with E-state index >= 15 is 0 Å². The summed E-state index contributed by atoms with van der Waals surface area (Å²) in [5.74, 6) is 0.575. The minimum absolute atomic E-state index is 0.111. The van der Waals surface area contributed by atoms with E-state index in [1.165, 1.54) is 9.87 Å². The Kier molecular flexibility index (Phi) is 6.22. The lowest BCUT2D eigenvalue weighted by Crippen LogP contribution is -2.40. The van der Waals surface area contributed by atoms with Crippen LogP contribution in [0.3, 0.4) is 0 Å². The van der Waals surface area contributed by atoms with Gasteiger partial charge in [0.25, 0.3) is 0 Å². The predicted molar refractivity (Wildman–Crippen MR) is 116 cm³/mol. The third-order valence-electron chi connectivity index (χ3n) is 6.00. The highest BCUT2D eigenvalue weighted by molar-refractivity contribution is 7.89. The van der Waals surface area contributed by atoms with Gasteiger partial charge in [-0.15, -0.1) is 0 Å². The lowest BCUT2D eigenvalue weighted by molar-refractivity contribution is -0.118. The first kappa shape index (κ1) is 21.0. The zero-order valence-corrected chi connectivity index (χ0v) is 18.1. The summed E-state index contributed by atoms with van der Waals surface area (Å²) < 4.78 is 32.2. The Balaban J connectivity index is 1.40. The molecular formula is C23H28N2O4S. The minimum atomic E-state index is -3.49. The predicted octanol–water partition coefficient (Wildman–Crippen LogP) is 3.18. The van der Waals surface area contributed by atoms with Crippen LogP contribution in [0.25, 0.3) is 0 Å². The van der Waals surface area contributed by atoms with Crippen LogP contribution in [0.5, 0.6) is 0 Å². The molecule has 1 atom stereocenters. The van der Waals surface area contributed by atoms with E-state index < -0.39 is 10.0 Å².